The summed E-state index contributed by atoms with van der Waals surface area (Å²) in [4.78, 5) is 39.7. The summed E-state index contributed by atoms with van der Waals surface area (Å²) in [5.74, 6) is 0.353. The van der Waals surface area contributed by atoms with Crippen molar-refractivity contribution in [2.24, 2.45) is 0 Å². The average Bonchev–Trinajstić information content (AvgIpc) is 3.21. The number of para-hydroxylation sites is 1. The SMILES string of the molecule is CN(C)CC(=O)NC1Cc2ccc(Nc3ncc4c(N)n(-c5c(Cl)cccc5Cl)c(=O)nc4n3)cc2C1. The Balaban J connectivity index is 1.38. The number of nitrogens with one attached hydrogen (secondary N) is 2. The van der Waals surface area contributed by atoms with Crippen LogP contribution in [0.4, 0.5) is 17.5 Å². The van der Waals surface area contributed by atoms with Crippen LogP contribution >= 0.6 is 23.2 Å². The van der Waals surface area contributed by atoms with Gasteiger partial charge in [-0.05, 0) is 62.3 Å². The van der Waals surface area contributed by atoms with Gasteiger partial charge >= 0.3 is 5.69 Å². The number of hydrogen-bond donors (Lipinski definition) is 3. The van der Waals surface area contributed by atoms with Crippen LogP contribution < -0.4 is 22.1 Å². The first-order valence-electron chi connectivity index (χ1n) is 11.5. The number of rotatable bonds is 6. The third-order valence-corrected chi connectivity index (χ3v) is 6.67. The first-order chi connectivity index (χ1) is 17.7. The molecule has 1 aliphatic carbocycles. The Bertz CT molecular complexity index is 1570. The summed E-state index contributed by atoms with van der Waals surface area (Å²) in [6.45, 7) is 0.355. The molecule has 0 spiro atoms. The summed E-state index contributed by atoms with van der Waals surface area (Å²) in [5.41, 5.74) is 9.14. The van der Waals surface area contributed by atoms with Crippen LogP contribution in [0, 0.1) is 0 Å². The van der Waals surface area contributed by atoms with E-state index in [1.165, 1.54) is 11.8 Å². The standard InChI is InChI=1S/C25H24Cl2N8O2/c1-34(2)12-20(36)30-16-8-13-6-7-15(9-14(13)10-16)31-24-29-11-17-22(28)35(25(37)33-23(17)32-24)21-18(26)4-3-5-19(21)27/h3-7,9,11,16H,8,10,12,28H2,1-2H3,(H,30,36)(H,31,32,33,37). The predicted octanol–water partition coefficient (Wildman–Crippen LogP) is 2.95. The highest BCUT2D eigenvalue weighted by atomic mass is 35.5. The molecule has 37 heavy (non-hydrogen) atoms. The second-order valence-electron chi connectivity index (χ2n) is 9.14. The number of amides is 1. The Kier molecular flexibility index (Phi) is 6.72. The Hall–Kier alpha value is -3.73. The molecule has 0 radical (unpaired) electrons. The number of carbonyl (C=O) groups is 1. The van der Waals surface area contributed by atoms with E-state index in [0.29, 0.717) is 11.9 Å². The van der Waals surface area contributed by atoms with Gasteiger partial charge in [-0.25, -0.2) is 14.3 Å². The molecule has 2 aromatic carbocycles. The summed E-state index contributed by atoms with van der Waals surface area (Å²) >= 11 is 12.6. The molecule has 0 fully saturated rings. The van der Waals surface area contributed by atoms with Crippen LogP contribution in [0.25, 0.3) is 16.7 Å². The molecule has 12 heteroatoms. The zero-order valence-electron chi connectivity index (χ0n) is 20.1. The number of fused-ring (bicyclic) bond motifs is 2. The van der Waals surface area contributed by atoms with Crippen molar-refractivity contribution in [3.05, 3.63) is 74.3 Å². The number of carbonyl (C=O) groups excluding carboxylic acids is 1. The molecule has 0 aliphatic heterocycles. The number of benzene rings is 2. The number of nitrogens with zero attached hydrogens (tertiary/aromatic N) is 5. The Morgan fingerprint density at radius 1 is 1.14 bits per heavy atom. The minimum atomic E-state index is -0.662. The van der Waals surface area contributed by atoms with Gasteiger partial charge in [-0.2, -0.15) is 9.97 Å². The molecule has 10 nitrogen and oxygen atoms in total. The lowest BCUT2D eigenvalue weighted by Crippen LogP contribution is -2.40. The zero-order chi connectivity index (χ0) is 26.3. The van der Waals surface area contributed by atoms with Crippen molar-refractivity contribution in [3.8, 4) is 5.69 Å². The van der Waals surface area contributed by atoms with Gasteiger partial charge in [-0.1, -0.05) is 35.3 Å². The number of likely N-dealkylation sites (N-methyl/N-ethyl adjacent to an activating group) is 1. The third kappa shape index (κ3) is 5.08. The molecule has 2 heterocycles. The molecule has 1 amide bonds. The van der Waals surface area contributed by atoms with E-state index < -0.39 is 5.69 Å². The molecule has 1 atom stereocenters. The van der Waals surface area contributed by atoms with Crippen LogP contribution in [0.15, 0.2) is 47.4 Å². The summed E-state index contributed by atoms with van der Waals surface area (Å²) < 4.78 is 1.15. The maximum atomic E-state index is 12.9. The number of halogens is 2. The lowest BCUT2D eigenvalue weighted by atomic mass is 10.1. The Morgan fingerprint density at radius 3 is 2.59 bits per heavy atom. The van der Waals surface area contributed by atoms with Gasteiger partial charge in [0.15, 0.2) is 5.65 Å². The van der Waals surface area contributed by atoms with E-state index in [1.807, 2.05) is 37.2 Å². The molecule has 1 unspecified atom stereocenters. The van der Waals surface area contributed by atoms with Crippen LogP contribution in [-0.4, -0.2) is 57.0 Å². The molecule has 1 aliphatic rings. The van der Waals surface area contributed by atoms with Crippen molar-refractivity contribution >= 4 is 57.6 Å². The van der Waals surface area contributed by atoms with Gasteiger partial charge in [0.05, 0.1) is 27.7 Å². The molecule has 4 aromatic rings. The molecule has 190 valence electrons. The Labute approximate surface area is 222 Å². The molecular formula is C25H24Cl2N8O2. The number of anilines is 3. The zero-order valence-corrected chi connectivity index (χ0v) is 21.6. The van der Waals surface area contributed by atoms with Crippen molar-refractivity contribution in [2.75, 3.05) is 31.7 Å². The molecule has 2 aromatic heterocycles. The molecule has 0 saturated carbocycles. The summed E-state index contributed by atoms with van der Waals surface area (Å²) in [6.07, 6.45) is 3.02. The quantitative estimate of drug-likeness (QED) is 0.341. The minimum absolute atomic E-state index is 0.00774. The van der Waals surface area contributed by atoms with Gasteiger partial charge < -0.3 is 21.3 Å². The van der Waals surface area contributed by atoms with Gasteiger partial charge in [0.25, 0.3) is 0 Å². The number of nitrogen functional groups attached to an aromatic ring is 1. The number of nitrogens with two attached hydrogens (primary N) is 1. The van der Waals surface area contributed by atoms with Crippen molar-refractivity contribution in [1.82, 2.24) is 29.7 Å². The normalized spacial score (nSPS) is 14.7. The van der Waals surface area contributed by atoms with Crippen molar-refractivity contribution < 1.29 is 4.79 Å². The van der Waals surface area contributed by atoms with Gasteiger partial charge in [0, 0.05) is 17.9 Å². The average molecular weight is 539 g/mol. The fourth-order valence-corrected chi connectivity index (χ4v) is 5.04. The molecule has 0 saturated heterocycles. The fourth-order valence-electron chi connectivity index (χ4n) is 4.47. The molecule has 0 bridgehead atoms. The van der Waals surface area contributed by atoms with Crippen LogP contribution in [0.1, 0.15) is 11.1 Å². The van der Waals surface area contributed by atoms with E-state index in [0.717, 1.165) is 28.7 Å². The molecule has 4 N–H and O–H groups in total. The minimum Gasteiger partial charge on any atom is -0.384 e. The monoisotopic (exact) mass is 538 g/mol. The second-order valence-corrected chi connectivity index (χ2v) is 9.95. The highest BCUT2D eigenvalue weighted by Gasteiger charge is 2.23. The van der Waals surface area contributed by atoms with E-state index in [4.69, 9.17) is 28.9 Å². The van der Waals surface area contributed by atoms with E-state index in [1.54, 1.807) is 18.2 Å². The maximum absolute atomic E-state index is 12.9. The van der Waals surface area contributed by atoms with E-state index in [9.17, 15) is 9.59 Å². The lowest BCUT2D eigenvalue weighted by Gasteiger charge is -2.14. The smallest absolute Gasteiger partial charge is 0.355 e. The van der Waals surface area contributed by atoms with E-state index >= 15 is 0 Å². The fraction of sp³-hybridized carbons (Fsp3) is 0.240. The third-order valence-electron chi connectivity index (χ3n) is 6.06. The van der Waals surface area contributed by atoms with Crippen LogP contribution in [-0.2, 0) is 17.6 Å². The number of aromatic nitrogens is 4. The van der Waals surface area contributed by atoms with E-state index in [2.05, 4.69) is 25.6 Å². The number of hydrogen-bond acceptors (Lipinski definition) is 8. The van der Waals surface area contributed by atoms with Crippen LogP contribution in [0.3, 0.4) is 0 Å². The highest BCUT2D eigenvalue weighted by Crippen LogP contribution is 2.31. The van der Waals surface area contributed by atoms with Gasteiger partial charge in [-0.3, -0.25) is 4.79 Å². The first-order valence-corrected chi connectivity index (χ1v) is 12.3. The largest absolute Gasteiger partial charge is 0.384 e. The highest BCUT2D eigenvalue weighted by molar-refractivity contribution is 6.37. The Morgan fingerprint density at radius 2 is 1.86 bits per heavy atom. The summed E-state index contributed by atoms with van der Waals surface area (Å²) in [7, 11) is 3.73. The molecular weight excluding hydrogens is 515 g/mol. The van der Waals surface area contributed by atoms with Crippen molar-refractivity contribution in [2.45, 2.75) is 18.9 Å². The summed E-state index contributed by atoms with van der Waals surface area (Å²) in [6, 6.07) is 10.9. The van der Waals surface area contributed by atoms with Crippen molar-refractivity contribution in [1.29, 1.82) is 0 Å². The lowest BCUT2D eigenvalue weighted by molar-refractivity contribution is -0.122. The van der Waals surface area contributed by atoms with Gasteiger partial charge in [-0.15, -0.1) is 0 Å². The maximum Gasteiger partial charge on any atom is 0.355 e. The topological polar surface area (TPSA) is 131 Å². The van der Waals surface area contributed by atoms with Crippen LogP contribution in [0.2, 0.25) is 10.0 Å². The van der Waals surface area contributed by atoms with Crippen molar-refractivity contribution in [3.63, 3.8) is 0 Å². The molecule has 5 rings (SSSR count). The summed E-state index contributed by atoms with van der Waals surface area (Å²) in [5, 5.41) is 7.15. The second kappa shape index (κ2) is 9.97. The predicted molar refractivity (Wildman–Crippen MR) is 145 cm³/mol. The van der Waals surface area contributed by atoms with Gasteiger partial charge in [0.1, 0.15) is 5.82 Å². The van der Waals surface area contributed by atoms with Gasteiger partial charge in [0.2, 0.25) is 11.9 Å². The van der Waals surface area contributed by atoms with Crippen LogP contribution in [0.5, 0.6) is 0 Å². The van der Waals surface area contributed by atoms with E-state index in [-0.39, 0.29) is 45.1 Å². The first kappa shape index (κ1) is 24.9.